The summed E-state index contributed by atoms with van der Waals surface area (Å²) in [6, 6.07) is 18.1. The Morgan fingerprint density at radius 1 is 1.07 bits per heavy atom. The second-order valence-electron chi connectivity index (χ2n) is 8.71. The Morgan fingerprint density at radius 2 is 1.85 bits per heavy atom. The number of fused-ring (bicyclic) bond motifs is 1. The second kappa shape index (κ2) is 13.4. The molecule has 0 fully saturated rings. The Kier molecular flexibility index (Phi) is 9.48. The zero-order valence-electron chi connectivity index (χ0n) is 22.2. The highest BCUT2D eigenvalue weighted by Gasteiger charge is 2.32. The molecular weight excluding hydrogens is 528 g/mol. The van der Waals surface area contributed by atoms with Crippen LogP contribution in [0.2, 0.25) is 0 Å². The van der Waals surface area contributed by atoms with E-state index in [0.29, 0.717) is 40.1 Å². The summed E-state index contributed by atoms with van der Waals surface area (Å²) < 4.78 is 16.9. The van der Waals surface area contributed by atoms with Gasteiger partial charge >= 0.3 is 5.97 Å². The molecule has 0 radical (unpaired) electrons. The lowest BCUT2D eigenvalue weighted by Crippen LogP contribution is -2.45. The van der Waals surface area contributed by atoms with E-state index in [4.69, 9.17) is 26.4 Å². The Hall–Kier alpha value is -4.70. The number of rotatable bonds is 11. The van der Waals surface area contributed by atoms with Gasteiger partial charge in [-0.2, -0.15) is 5.10 Å². The van der Waals surface area contributed by atoms with Crippen LogP contribution in [0.1, 0.15) is 31.0 Å². The molecule has 0 saturated heterocycles. The maximum Gasteiger partial charge on any atom is 0.338 e. The number of hydrogen-bond donors (Lipinski definition) is 3. The molecule has 0 aliphatic carbocycles. The Labute approximate surface area is 237 Å². The first-order chi connectivity index (χ1) is 19.4. The van der Waals surface area contributed by atoms with Crippen LogP contribution in [0.15, 0.2) is 89.7 Å². The molecule has 206 valence electrons. The predicted molar refractivity (Wildman–Crippen MR) is 158 cm³/mol. The van der Waals surface area contributed by atoms with Crippen molar-refractivity contribution in [1.82, 2.24) is 16.1 Å². The molecule has 0 unspecified atom stereocenters. The van der Waals surface area contributed by atoms with Crippen molar-refractivity contribution in [1.29, 1.82) is 0 Å². The van der Waals surface area contributed by atoms with E-state index in [9.17, 15) is 9.59 Å². The molecule has 0 saturated carbocycles. The molecule has 10 heteroatoms. The summed E-state index contributed by atoms with van der Waals surface area (Å²) in [4.78, 5) is 25.4. The number of hydrazone groups is 1. The van der Waals surface area contributed by atoms with Crippen LogP contribution < -0.4 is 25.5 Å². The highest BCUT2D eigenvalue weighted by molar-refractivity contribution is 7.80. The molecule has 0 spiro atoms. The first-order valence-electron chi connectivity index (χ1n) is 12.7. The van der Waals surface area contributed by atoms with E-state index >= 15 is 0 Å². The van der Waals surface area contributed by atoms with Gasteiger partial charge in [0.1, 0.15) is 18.1 Å². The molecular formula is C30H30N4O5S. The van der Waals surface area contributed by atoms with Crippen LogP contribution >= 0.6 is 12.2 Å². The Morgan fingerprint density at radius 3 is 2.65 bits per heavy atom. The average molecular weight is 559 g/mol. The number of carbonyl (C=O) groups excluding carboxylic acids is 2. The van der Waals surface area contributed by atoms with Crippen molar-refractivity contribution >= 4 is 46.2 Å². The number of nitrogens with one attached hydrogen (secondary N) is 3. The van der Waals surface area contributed by atoms with Crippen LogP contribution in [-0.4, -0.2) is 43.0 Å². The van der Waals surface area contributed by atoms with Gasteiger partial charge in [-0.3, -0.25) is 4.79 Å². The average Bonchev–Trinajstić information content (AvgIpc) is 2.95. The molecule has 3 N–H and O–H groups in total. The number of carbonyl (C=O) groups is 2. The summed E-state index contributed by atoms with van der Waals surface area (Å²) in [5.74, 6) is 0.0905. The number of para-hydroxylation sites is 1. The molecule has 1 heterocycles. The lowest BCUT2D eigenvalue weighted by molar-refractivity contribution is -0.139. The van der Waals surface area contributed by atoms with Crippen molar-refractivity contribution in [2.24, 2.45) is 5.10 Å². The zero-order chi connectivity index (χ0) is 28.5. The van der Waals surface area contributed by atoms with Crippen molar-refractivity contribution in [3.63, 3.8) is 0 Å². The normalized spacial score (nSPS) is 14.8. The summed E-state index contributed by atoms with van der Waals surface area (Å²) >= 11 is 5.32. The second-order valence-corrected chi connectivity index (χ2v) is 9.12. The molecule has 1 amide bonds. The Bertz CT molecular complexity index is 1500. The molecule has 0 aromatic heterocycles. The number of allylic oxidation sites excluding steroid dienone is 1. The minimum atomic E-state index is -0.620. The summed E-state index contributed by atoms with van der Waals surface area (Å²) in [6.07, 6.45) is 3.21. The number of benzene rings is 3. The molecule has 1 aliphatic heterocycles. The van der Waals surface area contributed by atoms with Gasteiger partial charge in [-0.25, -0.2) is 10.2 Å². The molecule has 3 aromatic carbocycles. The minimum Gasteiger partial charge on any atom is -0.489 e. The van der Waals surface area contributed by atoms with Crippen LogP contribution in [0.25, 0.3) is 10.8 Å². The van der Waals surface area contributed by atoms with Crippen molar-refractivity contribution < 1.29 is 23.8 Å². The lowest BCUT2D eigenvalue weighted by atomic mass is 9.95. The number of ether oxygens (including phenoxy) is 3. The van der Waals surface area contributed by atoms with Gasteiger partial charge in [0.25, 0.3) is 5.91 Å². The first kappa shape index (κ1) is 28.3. The van der Waals surface area contributed by atoms with Gasteiger partial charge in [-0.15, -0.1) is 0 Å². The lowest BCUT2D eigenvalue weighted by Gasteiger charge is -2.30. The van der Waals surface area contributed by atoms with Gasteiger partial charge in [-0.05, 0) is 49.0 Å². The molecule has 9 nitrogen and oxygen atoms in total. The van der Waals surface area contributed by atoms with Gasteiger partial charge in [0.15, 0.2) is 11.7 Å². The van der Waals surface area contributed by atoms with Crippen LogP contribution in [0.5, 0.6) is 11.5 Å². The van der Waals surface area contributed by atoms with Crippen molar-refractivity contribution in [3.05, 3.63) is 95.7 Å². The van der Waals surface area contributed by atoms with E-state index in [-0.39, 0.29) is 13.2 Å². The standard InChI is InChI=1S/C30H30N4O5S/c1-4-16-38-25-15-14-20-10-6-7-11-21(20)23(25)17-31-34-26(35)18-39-24-13-9-8-12-22(24)28-27(29(36)37-5-2)19(3)32-30(40)33-28/h4,6-15,17,28H,1,5,16,18H2,2-3H3,(H,34,35)(H2,32,33,40)/t28-/m0/s1. The monoisotopic (exact) mass is 558 g/mol. The van der Waals surface area contributed by atoms with E-state index in [1.807, 2.05) is 42.5 Å². The fourth-order valence-electron chi connectivity index (χ4n) is 4.28. The van der Waals surface area contributed by atoms with Crippen LogP contribution in [0, 0.1) is 0 Å². The van der Waals surface area contributed by atoms with E-state index in [1.165, 1.54) is 0 Å². The SMILES string of the molecule is C=CCOc1ccc2ccccc2c1C=NNC(=O)COc1ccccc1[C@@H]1NC(=S)NC(C)=C1C(=O)OCC. The summed E-state index contributed by atoms with van der Waals surface area (Å²) in [5, 5.41) is 12.5. The number of nitrogens with zero attached hydrogens (tertiary/aromatic N) is 1. The predicted octanol–water partition coefficient (Wildman–Crippen LogP) is 4.29. The molecule has 40 heavy (non-hydrogen) atoms. The van der Waals surface area contributed by atoms with Crippen molar-refractivity contribution in [2.45, 2.75) is 19.9 Å². The maximum absolute atomic E-state index is 12.7. The fraction of sp³-hybridized carbons (Fsp3) is 0.200. The first-order valence-corrected chi connectivity index (χ1v) is 13.1. The fourth-order valence-corrected chi connectivity index (χ4v) is 4.56. The Balaban J connectivity index is 1.49. The molecule has 1 aliphatic rings. The summed E-state index contributed by atoms with van der Waals surface area (Å²) in [7, 11) is 0. The van der Waals surface area contributed by atoms with Gasteiger partial charge in [0.05, 0.1) is 24.4 Å². The molecule has 1 atom stereocenters. The van der Waals surface area contributed by atoms with Gasteiger partial charge in [0.2, 0.25) is 0 Å². The number of esters is 1. The van der Waals surface area contributed by atoms with Crippen LogP contribution in [-0.2, 0) is 14.3 Å². The molecule has 4 rings (SSSR count). The highest BCUT2D eigenvalue weighted by Crippen LogP contribution is 2.33. The third kappa shape index (κ3) is 6.65. The third-order valence-electron chi connectivity index (χ3n) is 6.02. The van der Waals surface area contributed by atoms with E-state index in [2.05, 4.69) is 27.7 Å². The van der Waals surface area contributed by atoms with Gasteiger partial charge in [0, 0.05) is 16.8 Å². The molecule has 3 aromatic rings. The number of hydrogen-bond acceptors (Lipinski definition) is 7. The third-order valence-corrected chi connectivity index (χ3v) is 6.24. The number of amides is 1. The summed E-state index contributed by atoms with van der Waals surface area (Å²) in [6.45, 7) is 7.45. The van der Waals surface area contributed by atoms with Crippen LogP contribution in [0.3, 0.4) is 0 Å². The summed E-state index contributed by atoms with van der Waals surface area (Å²) in [5.41, 5.74) is 4.83. The zero-order valence-corrected chi connectivity index (χ0v) is 23.0. The largest absolute Gasteiger partial charge is 0.489 e. The quantitative estimate of drug-likeness (QED) is 0.105. The van der Waals surface area contributed by atoms with Gasteiger partial charge < -0.3 is 24.8 Å². The smallest absolute Gasteiger partial charge is 0.338 e. The maximum atomic E-state index is 12.7. The highest BCUT2D eigenvalue weighted by atomic mass is 32.1. The van der Waals surface area contributed by atoms with Crippen molar-refractivity contribution in [3.8, 4) is 11.5 Å². The van der Waals surface area contributed by atoms with E-state index < -0.39 is 17.9 Å². The van der Waals surface area contributed by atoms with E-state index in [0.717, 1.165) is 16.3 Å². The van der Waals surface area contributed by atoms with E-state index in [1.54, 1.807) is 44.3 Å². The molecule has 0 bridgehead atoms. The van der Waals surface area contributed by atoms with Crippen LogP contribution in [0.4, 0.5) is 0 Å². The van der Waals surface area contributed by atoms with Gasteiger partial charge in [-0.1, -0.05) is 61.2 Å². The minimum absolute atomic E-state index is 0.228. The number of thiocarbonyl (C=S) groups is 1. The topological polar surface area (TPSA) is 110 Å². The van der Waals surface area contributed by atoms with Crippen molar-refractivity contribution in [2.75, 3.05) is 19.8 Å².